The van der Waals surface area contributed by atoms with Crippen LogP contribution < -0.4 is 16.4 Å². The number of carbonyl (C=O) groups excluding carboxylic acids is 2. The first kappa shape index (κ1) is 22.2. The van der Waals surface area contributed by atoms with E-state index in [-0.39, 0.29) is 6.10 Å². The summed E-state index contributed by atoms with van der Waals surface area (Å²) in [7, 11) is 0. The zero-order chi connectivity index (χ0) is 21.1. The first-order valence-corrected chi connectivity index (χ1v) is 9.89. The molecule has 0 radical (unpaired) electrons. The molecule has 5 N–H and O–H groups in total. The SMILES string of the molecule is CC(C)OC(=O)C(NC(=O)[C@H](N)c1ccccc1)C1N[C@@H](C(=O)O)C(C)(C)S1. The van der Waals surface area contributed by atoms with Crippen LogP contribution in [-0.2, 0) is 19.1 Å². The number of ether oxygens (including phenoxy) is 1. The Balaban J connectivity index is 2.22. The molecule has 1 fully saturated rings. The molecule has 8 nitrogen and oxygen atoms in total. The molecule has 0 bridgehead atoms. The van der Waals surface area contributed by atoms with Crippen molar-refractivity contribution in [2.45, 2.75) is 62.0 Å². The molecule has 0 aromatic heterocycles. The minimum absolute atomic E-state index is 0.385. The fourth-order valence-electron chi connectivity index (χ4n) is 2.95. The summed E-state index contributed by atoms with van der Waals surface area (Å²) in [6, 6.07) is 5.85. The molecule has 1 aromatic rings. The molecule has 2 rings (SSSR count). The number of esters is 1. The van der Waals surface area contributed by atoms with E-state index < -0.39 is 46.1 Å². The second kappa shape index (κ2) is 8.93. The lowest BCUT2D eigenvalue weighted by Gasteiger charge is -2.26. The van der Waals surface area contributed by atoms with E-state index in [1.165, 1.54) is 11.8 Å². The van der Waals surface area contributed by atoms with Gasteiger partial charge in [-0.2, -0.15) is 0 Å². The largest absolute Gasteiger partial charge is 0.480 e. The van der Waals surface area contributed by atoms with Gasteiger partial charge in [-0.3, -0.25) is 14.9 Å². The Bertz CT molecular complexity index is 726. The Morgan fingerprint density at radius 3 is 2.36 bits per heavy atom. The number of amides is 1. The average molecular weight is 410 g/mol. The Morgan fingerprint density at radius 2 is 1.86 bits per heavy atom. The molecule has 0 spiro atoms. The molecular weight excluding hydrogens is 382 g/mol. The van der Waals surface area contributed by atoms with Crippen molar-refractivity contribution in [2.75, 3.05) is 0 Å². The zero-order valence-electron chi connectivity index (χ0n) is 16.3. The number of benzene rings is 1. The molecule has 1 heterocycles. The summed E-state index contributed by atoms with van der Waals surface area (Å²) < 4.78 is 4.60. The van der Waals surface area contributed by atoms with E-state index in [9.17, 15) is 19.5 Å². The second-order valence-electron chi connectivity index (χ2n) is 7.44. The standard InChI is InChI=1S/C19H27N3O5S/c1-10(2)27-18(26)13(16-22-14(17(24)25)19(3,4)28-16)21-15(23)12(20)11-8-6-5-7-9-11/h5-10,12-14,16,22H,20H2,1-4H3,(H,21,23)(H,24,25)/t12-,13?,14+,16?/m1/s1. The van der Waals surface area contributed by atoms with Gasteiger partial charge >= 0.3 is 11.9 Å². The van der Waals surface area contributed by atoms with Gasteiger partial charge in [0.2, 0.25) is 5.91 Å². The number of hydrogen-bond donors (Lipinski definition) is 4. The highest BCUT2D eigenvalue weighted by atomic mass is 32.2. The van der Waals surface area contributed by atoms with Gasteiger partial charge in [0.1, 0.15) is 12.1 Å². The van der Waals surface area contributed by atoms with E-state index >= 15 is 0 Å². The normalized spacial score (nSPS) is 23.1. The quantitative estimate of drug-likeness (QED) is 0.491. The molecule has 9 heteroatoms. The maximum Gasteiger partial charge on any atom is 0.331 e. The summed E-state index contributed by atoms with van der Waals surface area (Å²) >= 11 is 1.27. The molecule has 2 unspecified atom stereocenters. The predicted molar refractivity (Wildman–Crippen MR) is 107 cm³/mol. The van der Waals surface area contributed by atoms with Crippen LogP contribution >= 0.6 is 11.8 Å². The summed E-state index contributed by atoms with van der Waals surface area (Å²) in [5.41, 5.74) is 6.63. The molecular formula is C19H27N3O5S. The lowest BCUT2D eigenvalue weighted by molar-refractivity contribution is -0.152. The highest BCUT2D eigenvalue weighted by Crippen LogP contribution is 2.39. The lowest BCUT2D eigenvalue weighted by Crippen LogP contribution is -2.55. The lowest BCUT2D eigenvalue weighted by atomic mass is 10.0. The van der Waals surface area contributed by atoms with Crippen LogP contribution in [0.4, 0.5) is 0 Å². The molecule has 0 aliphatic carbocycles. The molecule has 1 saturated heterocycles. The third-order valence-electron chi connectivity index (χ3n) is 4.35. The summed E-state index contributed by atoms with van der Waals surface area (Å²) in [5.74, 6) is -2.21. The van der Waals surface area contributed by atoms with Crippen LogP contribution in [0.1, 0.15) is 39.3 Å². The Hall–Kier alpha value is -2.10. The summed E-state index contributed by atoms with van der Waals surface area (Å²) in [5, 5.41) is 14.4. The van der Waals surface area contributed by atoms with E-state index in [1.54, 1.807) is 52.0 Å². The third kappa shape index (κ3) is 5.24. The first-order valence-electron chi connectivity index (χ1n) is 9.01. The molecule has 1 aromatic carbocycles. The maximum atomic E-state index is 12.7. The van der Waals surface area contributed by atoms with E-state index in [2.05, 4.69) is 10.6 Å². The highest BCUT2D eigenvalue weighted by molar-refractivity contribution is 8.01. The van der Waals surface area contributed by atoms with Crippen LogP contribution in [0.2, 0.25) is 0 Å². The van der Waals surface area contributed by atoms with E-state index in [0.717, 1.165) is 0 Å². The second-order valence-corrected chi connectivity index (χ2v) is 9.24. The van der Waals surface area contributed by atoms with Gasteiger partial charge in [0.25, 0.3) is 0 Å². The van der Waals surface area contributed by atoms with Crippen LogP contribution in [0.5, 0.6) is 0 Å². The van der Waals surface area contributed by atoms with Crippen molar-refractivity contribution in [3.05, 3.63) is 35.9 Å². The molecule has 1 amide bonds. The van der Waals surface area contributed by atoms with E-state index in [1.807, 2.05) is 6.07 Å². The monoisotopic (exact) mass is 409 g/mol. The van der Waals surface area contributed by atoms with Crippen molar-refractivity contribution < 1.29 is 24.2 Å². The number of thioether (sulfide) groups is 1. The average Bonchev–Trinajstić information content (AvgIpc) is 2.94. The number of hydrogen-bond acceptors (Lipinski definition) is 7. The smallest absolute Gasteiger partial charge is 0.331 e. The minimum atomic E-state index is -1.08. The van der Waals surface area contributed by atoms with Crippen molar-refractivity contribution in [3.8, 4) is 0 Å². The van der Waals surface area contributed by atoms with Gasteiger partial charge in [-0.1, -0.05) is 30.3 Å². The van der Waals surface area contributed by atoms with Crippen LogP contribution in [-0.4, -0.2) is 51.3 Å². The first-order chi connectivity index (χ1) is 13.0. The van der Waals surface area contributed by atoms with Crippen LogP contribution in [0, 0.1) is 0 Å². The summed E-state index contributed by atoms with van der Waals surface area (Å²) in [6.45, 7) is 6.94. The number of aliphatic carboxylic acids is 1. The number of carboxylic acids is 1. The Labute approximate surface area is 168 Å². The molecule has 4 atom stereocenters. The number of carbonyl (C=O) groups is 3. The van der Waals surface area contributed by atoms with Crippen molar-refractivity contribution in [2.24, 2.45) is 5.73 Å². The van der Waals surface area contributed by atoms with Crippen molar-refractivity contribution in [3.63, 3.8) is 0 Å². The minimum Gasteiger partial charge on any atom is -0.480 e. The third-order valence-corrected chi connectivity index (χ3v) is 5.86. The van der Waals surface area contributed by atoms with Gasteiger partial charge in [-0.15, -0.1) is 11.8 Å². The van der Waals surface area contributed by atoms with Crippen molar-refractivity contribution in [1.29, 1.82) is 0 Å². The van der Waals surface area contributed by atoms with Gasteiger partial charge in [0, 0.05) is 4.75 Å². The maximum absolute atomic E-state index is 12.7. The molecule has 0 saturated carbocycles. The molecule has 1 aliphatic heterocycles. The fraction of sp³-hybridized carbons (Fsp3) is 0.526. The molecule has 154 valence electrons. The number of nitrogens with two attached hydrogens (primary N) is 1. The molecule has 1 aliphatic rings. The van der Waals surface area contributed by atoms with Crippen LogP contribution in [0.15, 0.2) is 30.3 Å². The highest BCUT2D eigenvalue weighted by Gasteiger charge is 2.50. The topological polar surface area (TPSA) is 131 Å². The zero-order valence-corrected chi connectivity index (χ0v) is 17.2. The Kier molecular flexibility index (Phi) is 7.08. The van der Waals surface area contributed by atoms with Gasteiger partial charge in [-0.25, -0.2) is 4.79 Å². The summed E-state index contributed by atoms with van der Waals surface area (Å²) in [6.07, 6.45) is -0.385. The molecule has 28 heavy (non-hydrogen) atoms. The van der Waals surface area contributed by atoms with Gasteiger partial charge in [-0.05, 0) is 33.3 Å². The van der Waals surface area contributed by atoms with Crippen molar-refractivity contribution in [1.82, 2.24) is 10.6 Å². The number of rotatable bonds is 7. The van der Waals surface area contributed by atoms with Crippen molar-refractivity contribution >= 4 is 29.6 Å². The fourth-order valence-corrected chi connectivity index (χ4v) is 4.42. The van der Waals surface area contributed by atoms with Gasteiger partial charge in [0.05, 0.1) is 11.5 Å². The predicted octanol–water partition coefficient (Wildman–Crippen LogP) is 1.02. The number of nitrogens with one attached hydrogen (secondary N) is 2. The van der Waals surface area contributed by atoms with Crippen LogP contribution in [0.25, 0.3) is 0 Å². The van der Waals surface area contributed by atoms with E-state index in [4.69, 9.17) is 10.5 Å². The van der Waals surface area contributed by atoms with E-state index in [0.29, 0.717) is 5.56 Å². The number of carboxylic acid groups (broad SMARTS) is 1. The summed E-state index contributed by atoms with van der Waals surface area (Å²) in [4.78, 5) is 36.9. The van der Waals surface area contributed by atoms with Gasteiger partial charge < -0.3 is 20.9 Å². The van der Waals surface area contributed by atoms with Gasteiger partial charge in [0.15, 0.2) is 6.04 Å². The van der Waals surface area contributed by atoms with Crippen LogP contribution in [0.3, 0.4) is 0 Å². The Morgan fingerprint density at radius 1 is 1.25 bits per heavy atom.